The van der Waals surface area contributed by atoms with Crippen molar-refractivity contribution >= 4 is 0 Å². The van der Waals surface area contributed by atoms with Gasteiger partial charge in [-0.3, -0.25) is 4.98 Å². The largest absolute Gasteiger partial charge is 0.379 e. The van der Waals surface area contributed by atoms with Crippen LogP contribution in [0.15, 0.2) is 49.1 Å². The van der Waals surface area contributed by atoms with Crippen LogP contribution in [0.2, 0.25) is 0 Å². The first-order valence-corrected chi connectivity index (χ1v) is 8.59. The van der Waals surface area contributed by atoms with E-state index in [0.29, 0.717) is 19.0 Å². The third kappa shape index (κ3) is 3.01. The summed E-state index contributed by atoms with van der Waals surface area (Å²) in [6, 6.07) is 7.15. The predicted octanol–water partition coefficient (Wildman–Crippen LogP) is 3.96. The summed E-state index contributed by atoms with van der Waals surface area (Å²) in [7, 11) is 0. The smallest absolute Gasteiger partial charge is 0.170 e. The van der Waals surface area contributed by atoms with Gasteiger partial charge in [0.15, 0.2) is 11.6 Å². The first-order valence-electron chi connectivity index (χ1n) is 8.59. The normalized spacial score (nSPS) is 19.8. The molecule has 0 bridgehead atoms. The number of rotatable bonds is 4. The van der Waals surface area contributed by atoms with Gasteiger partial charge < -0.3 is 9.30 Å². The number of nitrogens with zero attached hydrogens (tertiary/aromatic N) is 3. The van der Waals surface area contributed by atoms with Crippen molar-refractivity contribution in [3.63, 3.8) is 0 Å². The fourth-order valence-corrected chi connectivity index (χ4v) is 3.52. The van der Waals surface area contributed by atoms with Crippen LogP contribution in [0.4, 0.5) is 8.78 Å². The van der Waals surface area contributed by atoms with Gasteiger partial charge in [-0.15, -0.1) is 0 Å². The van der Waals surface area contributed by atoms with Crippen molar-refractivity contribution in [2.45, 2.75) is 19.4 Å². The van der Waals surface area contributed by atoms with E-state index in [4.69, 9.17) is 4.74 Å². The molecule has 2 atom stereocenters. The second-order valence-corrected chi connectivity index (χ2v) is 6.64. The summed E-state index contributed by atoms with van der Waals surface area (Å²) >= 11 is 0. The average molecular weight is 355 g/mol. The lowest BCUT2D eigenvalue weighted by Gasteiger charge is -2.21. The second-order valence-electron chi connectivity index (χ2n) is 6.64. The molecule has 6 heteroatoms. The van der Waals surface area contributed by atoms with E-state index in [2.05, 4.69) is 9.97 Å². The number of imidazole rings is 1. The van der Waals surface area contributed by atoms with E-state index < -0.39 is 11.6 Å². The molecular weight excluding hydrogens is 336 g/mol. The van der Waals surface area contributed by atoms with E-state index in [-0.39, 0.29) is 23.1 Å². The monoisotopic (exact) mass is 355 g/mol. The van der Waals surface area contributed by atoms with Crippen molar-refractivity contribution in [1.29, 1.82) is 0 Å². The molecule has 1 fully saturated rings. The molecule has 4 nitrogen and oxygen atoms in total. The summed E-state index contributed by atoms with van der Waals surface area (Å²) in [5.41, 5.74) is 1.63. The molecule has 1 aliphatic heterocycles. The van der Waals surface area contributed by atoms with Crippen LogP contribution in [0.1, 0.15) is 17.2 Å². The van der Waals surface area contributed by atoms with E-state index in [1.807, 2.05) is 22.9 Å². The maximum atomic E-state index is 14.5. The van der Waals surface area contributed by atoms with Gasteiger partial charge >= 0.3 is 0 Å². The number of aromatic nitrogens is 3. The molecule has 3 heterocycles. The molecule has 0 N–H and O–H groups in total. The van der Waals surface area contributed by atoms with E-state index in [9.17, 15) is 8.78 Å². The van der Waals surface area contributed by atoms with Gasteiger partial charge in [0.05, 0.1) is 24.8 Å². The van der Waals surface area contributed by atoms with E-state index >= 15 is 0 Å². The highest BCUT2D eigenvalue weighted by atomic mass is 19.2. The molecule has 4 rings (SSSR count). The quantitative estimate of drug-likeness (QED) is 0.711. The zero-order valence-electron chi connectivity index (χ0n) is 14.4. The Kier molecular flexibility index (Phi) is 4.51. The summed E-state index contributed by atoms with van der Waals surface area (Å²) in [6.45, 7) is 2.69. The minimum Gasteiger partial charge on any atom is -0.379 e. The molecular formula is C20H19F2N3O. The molecule has 0 aliphatic carbocycles. The zero-order valence-corrected chi connectivity index (χ0v) is 14.4. The number of benzene rings is 1. The first kappa shape index (κ1) is 16.8. The molecule has 1 saturated heterocycles. The number of hydrogen-bond donors (Lipinski definition) is 0. The number of aryl methyl sites for hydroxylation is 1. The Morgan fingerprint density at radius 3 is 2.69 bits per heavy atom. The highest BCUT2D eigenvalue weighted by Crippen LogP contribution is 2.34. The number of halogens is 2. The van der Waals surface area contributed by atoms with E-state index in [0.717, 1.165) is 6.42 Å². The Morgan fingerprint density at radius 2 is 1.88 bits per heavy atom. The Hall–Kier alpha value is -2.60. The van der Waals surface area contributed by atoms with Crippen LogP contribution in [-0.4, -0.2) is 27.7 Å². The van der Waals surface area contributed by atoms with Crippen LogP contribution in [0.5, 0.6) is 0 Å². The van der Waals surface area contributed by atoms with Gasteiger partial charge in [-0.05, 0) is 42.7 Å². The van der Waals surface area contributed by atoms with Crippen LogP contribution >= 0.6 is 0 Å². The van der Waals surface area contributed by atoms with Gasteiger partial charge in [-0.2, -0.15) is 0 Å². The van der Waals surface area contributed by atoms with Crippen LogP contribution in [0.3, 0.4) is 0 Å². The Labute approximate surface area is 150 Å². The molecule has 0 saturated carbocycles. The van der Waals surface area contributed by atoms with Gasteiger partial charge in [0.2, 0.25) is 0 Å². The minimum atomic E-state index is -0.859. The highest BCUT2D eigenvalue weighted by molar-refractivity contribution is 5.57. The molecule has 2 aromatic heterocycles. The first-order chi connectivity index (χ1) is 12.6. The summed E-state index contributed by atoms with van der Waals surface area (Å²) < 4.78 is 36.1. The minimum absolute atomic E-state index is 0.0180. The van der Waals surface area contributed by atoms with Gasteiger partial charge in [-0.1, -0.05) is 6.07 Å². The van der Waals surface area contributed by atoms with Crippen LogP contribution in [0, 0.1) is 24.5 Å². The van der Waals surface area contributed by atoms with E-state index in [1.54, 1.807) is 37.6 Å². The molecule has 3 aromatic rings. The summed E-state index contributed by atoms with van der Waals surface area (Å²) in [4.78, 5) is 8.34. The zero-order chi connectivity index (χ0) is 18.1. The highest BCUT2D eigenvalue weighted by Gasteiger charge is 2.32. The van der Waals surface area contributed by atoms with Gasteiger partial charge in [0.1, 0.15) is 5.82 Å². The number of ether oxygens (including phenoxy) is 1. The van der Waals surface area contributed by atoms with Crippen LogP contribution in [-0.2, 0) is 11.2 Å². The molecule has 1 aromatic carbocycles. The summed E-state index contributed by atoms with van der Waals surface area (Å²) in [5.74, 6) is -1.03. The van der Waals surface area contributed by atoms with Crippen molar-refractivity contribution < 1.29 is 13.5 Å². The molecule has 1 aliphatic rings. The number of hydrogen-bond acceptors (Lipinski definition) is 3. The third-order valence-electron chi connectivity index (χ3n) is 4.95. The lowest BCUT2D eigenvalue weighted by Crippen LogP contribution is -2.20. The van der Waals surface area contributed by atoms with Crippen LogP contribution in [0.25, 0.3) is 11.4 Å². The average Bonchev–Trinajstić information content (AvgIpc) is 3.30. The molecule has 26 heavy (non-hydrogen) atoms. The van der Waals surface area contributed by atoms with Crippen molar-refractivity contribution in [1.82, 2.24) is 14.5 Å². The van der Waals surface area contributed by atoms with Crippen molar-refractivity contribution in [3.8, 4) is 11.4 Å². The molecule has 0 unspecified atom stereocenters. The number of pyridine rings is 1. The molecule has 0 radical (unpaired) electrons. The SMILES string of the molecule is Cc1ccc(-c2nccn2[C@@H]2COC[C@H]2Cc2ccncc2)c(F)c1F. The topological polar surface area (TPSA) is 39.9 Å². The molecule has 0 amide bonds. The Morgan fingerprint density at radius 1 is 1.08 bits per heavy atom. The van der Waals surface area contributed by atoms with Gasteiger partial charge in [0, 0.05) is 30.7 Å². The van der Waals surface area contributed by atoms with Crippen molar-refractivity contribution in [3.05, 3.63) is 71.8 Å². The van der Waals surface area contributed by atoms with Gasteiger partial charge in [0.25, 0.3) is 0 Å². The van der Waals surface area contributed by atoms with Gasteiger partial charge in [-0.25, -0.2) is 13.8 Å². The predicted molar refractivity (Wildman–Crippen MR) is 93.6 cm³/mol. The standard InChI is InChI=1S/C20H19F2N3O/c1-13-2-3-16(19(22)18(13)21)20-24-8-9-25(20)17-12-26-11-15(17)10-14-4-6-23-7-5-14/h2-9,15,17H,10-12H2,1H3/t15-,17-/m1/s1. The molecule has 0 spiro atoms. The fourth-order valence-electron chi connectivity index (χ4n) is 3.52. The van der Waals surface area contributed by atoms with E-state index in [1.165, 1.54) is 5.56 Å². The lowest BCUT2D eigenvalue weighted by molar-refractivity contribution is 0.181. The molecule has 134 valence electrons. The second kappa shape index (κ2) is 6.96. The van der Waals surface area contributed by atoms with Crippen LogP contribution < -0.4 is 0 Å². The maximum Gasteiger partial charge on any atom is 0.170 e. The Bertz CT molecular complexity index is 911. The third-order valence-corrected chi connectivity index (χ3v) is 4.95. The summed E-state index contributed by atoms with van der Waals surface area (Å²) in [5, 5.41) is 0. The fraction of sp³-hybridized carbons (Fsp3) is 0.300. The van der Waals surface area contributed by atoms with Crippen molar-refractivity contribution in [2.75, 3.05) is 13.2 Å². The maximum absolute atomic E-state index is 14.5. The van der Waals surface area contributed by atoms with Crippen molar-refractivity contribution in [2.24, 2.45) is 5.92 Å². The lowest BCUT2D eigenvalue weighted by atomic mass is 9.95. The summed E-state index contributed by atoms with van der Waals surface area (Å²) in [6.07, 6.45) is 7.80. The Balaban J connectivity index is 1.67.